The smallest absolute Gasteiger partial charge is 0.408 e. The third-order valence-corrected chi connectivity index (χ3v) is 4.01. The van der Waals surface area contributed by atoms with E-state index in [1.165, 1.54) is 6.92 Å². The fourth-order valence-electron chi connectivity index (χ4n) is 1.98. The minimum absolute atomic E-state index is 0.0411. The van der Waals surface area contributed by atoms with E-state index < -0.39 is 12.7 Å². The summed E-state index contributed by atoms with van der Waals surface area (Å²) in [6.45, 7) is 0.298. The summed E-state index contributed by atoms with van der Waals surface area (Å²) in [7, 11) is 0. The Kier molecular flexibility index (Phi) is 4.79. The zero-order valence-corrected chi connectivity index (χ0v) is 11.6. The molecule has 0 aromatic carbocycles. The van der Waals surface area contributed by atoms with E-state index in [0.29, 0.717) is 6.42 Å². The molecule has 3 atom stereocenters. The average molecular weight is 312 g/mol. The number of ether oxygens (including phenoxy) is 2. The molecule has 2 fully saturated rings. The lowest BCUT2D eigenvalue weighted by atomic mass is 10.1. The second-order valence-corrected chi connectivity index (χ2v) is 5.70. The van der Waals surface area contributed by atoms with Crippen LogP contribution in [0.3, 0.4) is 0 Å². The Hall–Kier alpha value is -0.960. The number of alkyl halides is 3. The summed E-state index contributed by atoms with van der Waals surface area (Å²) in [4.78, 5) is 14.2. The Morgan fingerprint density at radius 2 is 2.30 bits per heavy atom. The molecule has 0 aromatic heterocycles. The molecule has 20 heavy (non-hydrogen) atoms. The molecule has 2 rings (SSSR count). The first-order valence-electron chi connectivity index (χ1n) is 6.17. The first-order chi connectivity index (χ1) is 9.33. The van der Waals surface area contributed by atoms with Gasteiger partial charge in [-0.3, -0.25) is 9.79 Å². The highest BCUT2D eigenvalue weighted by molar-refractivity contribution is 8.14. The molecule has 0 amide bonds. The highest BCUT2D eigenvalue weighted by Crippen LogP contribution is 2.33. The number of nitrogens with one attached hydrogen (secondary N) is 1. The molecule has 0 spiro atoms. The minimum Gasteiger partial charge on any atom is -0.463 e. The van der Waals surface area contributed by atoms with E-state index in [-0.39, 0.29) is 35.3 Å². The predicted molar refractivity (Wildman–Crippen MR) is 67.4 cm³/mol. The van der Waals surface area contributed by atoms with Gasteiger partial charge in [-0.2, -0.15) is 13.2 Å². The second-order valence-electron chi connectivity index (χ2n) is 4.61. The molecule has 2 aliphatic rings. The summed E-state index contributed by atoms with van der Waals surface area (Å²) in [5.41, 5.74) is -0.281. The molecule has 1 N–H and O–H groups in total. The van der Waals surface area contributed by atoms with Crippen LogP contribution in [-0.4, -0.2) is 48.0 Å². The molecule has 0 aliphatic carbocycles. The lowest BCUT2D eigenvalue weighted by Crippen LogP contribution is -2.41. The summed E-state index contributed by atoms with van der Waals surface area (Å²) >= 11 is 1.15. The molecule has 0 bridgehead atoms. The maximum Gasteiger partial charge on any atom is 0.408 e. The number of hydrogen-bond donors (Lipinski definition) is 1. The lowest BCUT2D eigenvalue weighted by Gasteiger charge is -2.30. The van der Waals surface area contributed by atoms with Crippen LogP contribution in [0.4, 0.5) is 13.2 Å². The average Bonchev–Trinajstić information content (AvgIpc) is 2.75. The van der Waals surface area contributed by atoms with Gasteiger partial charge in [-0.1, -0.05) is 11.8 Å². The van der Waals surface area contributed by atoms with Gasteiger partial charge in [0.25, 0.3) is 0 Å². The zero-order valence-electron chi connectivity index (χ0n) is 10.8. The molecule has 2 unspecified atom stereocenters. The summed E-state index contributed by atoms with van der Waals surface area (Å²) in [5.74, 6) is -0.375. The van der Waals surface area contributed by atoms with E-state index in [1.54, 1.807) is 0 Å². The predicted octanol–water partition coefficient (Wildman–Crippen LogP) is 1.68. The quantitative estimate of drug-likeness (QED) is 0.804. The summed E-state index contributed by atoms with van der Waals surface area (Å²) in [6.07, 6.45) is -3.08. The molecule has 5 nitrogen and oxygen atoms in total. The second kappa shape index (κ2) is 6.21. The van der Waals surface area contributed by atoms with Gasteiger partial charge in [0, 0.05) is 6.92 Å². The number of halogens is 3. The minimum atomic E-state index is -4.30. The van der Waals surface area contributed by atoms with Crippen LogP contribution in [0.1, 0.15) is 19.8 Å². The van der Waals surface area contributed by atoms with E-state index in [2.05, 4.69) is 10.3 Å². The highest BCUT2D eigenvalue weighted by atomic mass is 32.2. The lowest BCUT2D eigenvalue weighted by molar-refractivity contribution is -0.147. The third-order valence-electron chi connectivity index (χ3n) is 2.87. The largest absolute Gasteiger partial charge is 0.463 e. The van der Waals surface area contributed by atoms with Crippen LogP contribution in [0.25, 0.3) is 0 Å². The van der Waals surface area contributed by atoms with Crippen molar-refractivity contribution in [3.8, 4) is 0 Å². The first kappa shape index (κ1) is 15.4. The van der Waals surface area contributed by atoms with Crippen molar-refractivity contribution in [3.63, 3.8) is 0 Å². The van der Waals surface area contributed by atoms with Gasteiger partial charge < -0.3 is 14.8 Å². The maximum atomic E-state index is 12.1. The van der Waals surface area contributed by atoms with E-state index in [4.69, 9.17) is 9.47 Å². The fourth-order valence-corrected chi connectivity index (χ4v) is 3.14. The standard InChI is InChI=1S/C11H15F3N2O3S/c1-6(17)18-4-7-2-3-8-9(19-7)20-10(16-8)15-5-11(12,13)14/h7-9H,2-5H2,1H3,(H,15,16)/t7-,8?,9?/m1/s1. The van der Waals surface area contributed by atoms with Crippen molar-refractivity contribution in [2.24, 2.45) is 4.99 Å². The highest BCUT2D eigenvalue weighted by Gasteiger charge is 2.39. The zero-order chi connectivity index (χ0) is 14.8. The van der Waals surface area contributed by atoms with Gasteiger partial charge in [0.15, 0.2) is 5.17 Å². The van der Waals surface area contributed by atoms with Gasteiger partial charge >= 0.3 is 12.1 Å². The Labute approximate surface area is 118 Å². The molecule has 0 saturated carbocycles. The molecule has 0 aromatic rings. The van der Waals surface area contributed by atoms with Crippen LogP contribution >= 0.6 is 11.8 Å². The van der Waals surface area contributed by atoms with Gasteiger partial charge in [-0.05, 0) is 12.8 Å². The van der Waals surface area contributed by atoms with Crippen molar-refractivity contribution in [2.75, 3.05) is 13.2 Å². The summed E-state index contributed by atoms with van der Waals surface area (Å²) in [6, 6.07) is -0.0411. The van der Waals surface area contributed by atoms with Crippen molar-refractivity contribution in [3.05, 3.63) is 0 Å². The van der Waals surface area contributed by atoms with Crippen LogP contribution in [0.15, 0.2) is 4.99 Å². The van der Waals surface area contributed by atoms with Gasteiger partial charge in [0.2, 0.25) is 0 Å². The number of fused-ring (bicyclic) bond motifs is 1. The topological polar surface area (TPSA) is 59.9 Å². The number of esters is 1. The summed E-state index contributed by atoms with van der Waals surface area (Å²) in [5, 5.41) is 3.19. The number of carbonyl (C=O) groups is 1. The first-order valence-corrected chi connectivity index (χ1v) is 7.04. The van der Waals surface area contributed by atoms with Crippen molar-refractivity contribution in [1.82, 2.24) is 5.32 Å². The molecule has 114 valence electrons. The van der Waals surface area contributed by atoms with Crippen LogP contribution in [0.5, 0.6) is 0 Å². The van der Waals surface area contributed by atoms with Crippen LogP contribution in [-0.2, 0) is 14.3 Å². The van der Waals surface area contributed by atoms with E-state index >= 15 is 0 Å². The number of amidine groups is 1. The van der Waals surface area contributed by atoms with Gasteiger partial charge in [0.1, 0.15) is 18.6 Å². The summed E-state index contributed by atoms with van der Waals surface area (Å²) < 4.78 is 46.8. The molecule has 0 radical (unpaired) electrons. The van der Waals surface area contributed by atoms with E-state index in [9.17, 15) is 18.0 Å². The molecule has 2 aliphatic heterocycles. The molecular formula is C11H15F3N2O3S. The van der Waals surface area contributed by atoms with Gasteiger partial charge in [-0.15, -0.1) is 0 Å². The molecule has 9 heteroatoms. The molecule has 2 heterocycles. The fraction of sp³-hybridized carbons (Fsp3) is 0.818. The Bertz CT molecular complexity index is 403. The van der Waals surface area contributed by atoms with Crippen LogP contribution in [0.2, 0.25) is 0 Å². The van der Waals surface area contributed by atoms with Crippen LogP contribution in [0, 0.1) is 0 Å². The maximum absolute atomic E-state index is 12.1. The van der Waals surface area contributed by atoms with Crippen molar-refractivity contribution >= 4 is 22.9 Å². The molecular weight excluding hydrogens is 297 g/mol. The van der Waals surface area contributed by atoms with Crippen molar-refractivity contribution < 1.29 is 27.4 Å². The third kappa shape index (κ3) is 4.55. The number of nitrogens with zero attached hydrogens (tertiary/aromatic N) is 1. The normalized spacial score (nSPS) is 31.8. The number of carbonyl (C=O) groups excluding carboxylic acids is 1. The van der Waals surface area contributed by atoms with Crippen molar-refractivity contribution in [1.29, 1.82) is 0 Å². The van der Waals surface area contributed by atoms with Gasteiger partial charge in [0.05, 0.1) is 12.1 Å². The Balaban J connectivity index is 1.83. The Morgan fingerprint density at radius 1 is 1.55 bits per heavy atom. The Morgan fingerprint density at radius 3 is 2.95 bits per heavy atom. The number of rotatable bonds is 3. The molecule has 2 saturated heterocycles. The SMILES string of the molecule is CC(=O)OC[C@H]1CCC2NC(=NCC(F)(F)F)SC2O1. The number of thioether (sulfide) groups is 1. The monoisotopic (exact) mass is 312 g/mol. The number of hydrogen-bond acceptors (Lipinski definition) is 5. The van der Waals surface area contributed by atoms with Gasteiger partial charge in [-0.25, -0.2) is 0 Å². The van der Waals surface area contributed by atoms with Crippen molar-refractivity contribution in [2.45, 2.75) is 43.5 Å². The van der Waals surface area contributed by atoms with Crippen LogP contribution < -0.4 is 5.32 Å². The number of aliphatic imine (C=N–C) groups is 1. The van der Waals surface area contributed by atoms with E-state index in [1.807, 2.05) is 0 Å². The van der Waals surface area contributed by atoms with E-state index in [0.717, 1.165) is 18.2 Å².